The highest BCUT2D eigenvalue weighted by atomic mass is 32.2. The van der Waals surface area contributed by atoms with Crippen LogP contribution in [-0.4, -0.2) is 41.7 Å². The van der Waals surface area contributed by atoms with Crippen LogP contribution in [0.2, 0.25) is 0 Å². The van der Waals surface area contributed by atoms with E-state index in [9.17, 15) is 4.79 Å². The maximum absolute atomic E-state index is 12.7. The first-order chi connectivity index (χ1) is 13.6. The third kappa shape index (κ3) is 4.72. The second kappa shape index (κ2) is 9.41. The number of thioether (sulfide) groups is 1. The molecule has 0 aliphatic carbocycles. The van der Waals surface area contributed by atoms with Gasteiger partial charge in [-0.05, 0) is 53.9 Å². The molecule has 1 heterocycles. The summed E-state index contributed by atoms with van der Waals surface area (Å²) >= 11 is 1.46. The molecule has 2 aromatic carbocycles. The molecule has 1 fully saturated rings. The van der Waals surface area contributed by atoms with Crippen molar-refractivity contribution in [3.05, 3.63) is 59.7 Å². The first kappa shape index (κ1) is 19.9. The van der Waals surface area contributed by atoms with E-state index in [0.717, 1.165) is 29.0 Å². The van der Waals surface area contributed by atoms with E-state index in [-0.39, 0.29) is 11.2 Å². The van der Waals surface area contributed by atoms with Gasteiger partial charge in [0.2, 0.25) is 5.91 Å². The summed E-state index contributed by atoms with van der Waals surface area (Å²) in [5, 5.41) is 9.01. The topological polar surface area (TPSA) is 63.5 Å². The highest BCUT2D eigenvalue weighted by molar-refractivity contribution is 8.15. The van der Waals surface area contributed by atoms with Crippen LogP contribution in [0.5, 0.6) is 11.5 Å². The van der Waals surface area contributed by atoms with Crippen LogP contribution >= 0.6 is 11.8 Å². The zero-order valence-electron chi connectivity index (χ0n) is 16.2. The summed E-state index contributed by atoms with van der Waals surface area (Å²) in [5.41, 5.74) is 1.92. The van der Waals surface area contributed by atoms with Gasteiger partial charge in [0.15, 0.2) is 5.17 Å². The van der Waals surface area contributed by atoms with E-state index in [4.69, 9.17) is 9.47 Å². The monoisotopic (exact) mass is 397 g/mol. The standard InChI is InChI=1S/C21H23N3O3S/c1-4-19-20(25)24(14-16-7-11-18(27-3)12-8-16)21(28-19)23-22-13-15-5-9-17(26-2)10-6-15/h5-13,19H,4,14H2,1-3H3/b22-13-,23-21+/t19-/m0/s1. The molecule has 1 aliphatic heterocycles. The predicted octanol–water partition coefficient (Wildman–Crippen LogP) is 3.95. The first-order valence-corrected chi connectivity index (χ1v) is 9.88. The maximum atomic E-state index is 12.7. The molecule has 3 rings (SSSR count). The molecule has 1 saturated heterocycles. The van der Waals surface area contributed by atoms with E-state index in [1.807, 2.05) is 55.5 Å². The molecule has 2 aromatic rings. The average molecular weight is 398 g/mol. The molecule has 0 aromatic heterocycles. The SMILES string of the molecule is CC[C@@H]1S/C(=N/N=C\c2ccc(OC)cc2)N(Cc2ccc(OC)cc2)C1=O. The van der Waals surface area contributed by atoms with Crippen molar-refractivity contribution in [3.8, 4) is 11.5 Å². The quantitative estimate of drug-likeness (QED) is 0.524. The molecule has 28 heavy (non-hydrogen) atoms. The van der Waals surface area contributed by atoms with Crippen LogP contribution in [0.25, 0.3) is 0 Å². The molecule has 146 valence electrons. The van der Waals surface area contributed by atoms with Gasteiger partial charge in [-0.15, -0.1) is 5.10 Å². The Bertz CT molecular complexity index is 863. The summed E-state index contributed by atoms with van der Waals surface area (Å²) < 4.78 is 10.3. The van der Waals surface area contributed by atoms with Crippen molar-refractivity contribution in [1.29, 1.82) is 0 Å². The van der Waals surface area contributed by atoms with Crippen LogP contribution < -0.4 is 9.47 Å². The third-order valence-corrected chi connectivity index (χ3v) is 5.69. The van der Waals surface area contributed by atoms with Gasteiger partial charge in [0.1, 0.15) is 11.5 Å². The number of nitrogens with zero attached hydrogens (tertiary/aromatic N) is 3. The normalized spacial score (nSPS) is 18.2. The van der Waals surface area contributed by atoms with Crippen molar-refractivity contribution >= 4 is 29.1 Å². The lowest BCUT2D eigenvalue weighted by Gasteiger charge is -2.16. The molecule has 1 atom stereocenters. The van der Waals surface area contributed by atoms with Crippen LogP contribution in [-0.2, 0) is 11.3 Å². The molecule has 0 N–H and O–H groups in total. The number of amides is 1. The van der Waals surface area contributed by atoms with E-state index in [1.54, 1.807) is 25.3 Å². The highest BCUT2D eigenvalue weighted by Crippen LogP contribution is 2.31. The van der Waals surface area contributed by atoms with Crippen LogP contribution in [0.15, 0.2) is 58.7 Å². The van der Waals surface area contributed by atoms with Gasteiger partial charge in [-0.2, -0.15) is 5.10 Å². The number of amidine groups is 1. The van der Waals surface area contributed by atoms with Crippen LogP contribution in [0.1, 0.15) is 24.5 Å². The van der Waals surface area contributed by atoms with E-state index < -0.39 is 0 Å². The zero-order chi connectivity index (χ0) is 19.9. The Hall–Kier alpha value is -2.80. The first-order valence-electron chi connectivity index (χ1n) is 9.00. The van der Waals surface area contributed by atoms with Crippen molar-refractivity contribution in [2.24, 2.45) is 10.2 Å². The molecule has 0 saturated carbocycles. The Labute approximate surface area is 169 Å². The van der Waals surface area contributed by atoms with Crippen molar-refractivity contribution in [1.82, 2.24) is 4.90 Å². The number of hydrogen-bond donors (Lipinski definition) is 0. The largest absolute Gasteiger partial charge is 0.497 e. The second-order valence-corrected chi connectivity index (χ2v) is 7.36. The number of methoxy groups -OCH3 is 2. The minimum absolute atomic E-state index is 0.0710. The summed E-state index contributed by atoms with van der Waals surface area (Å²) in [6.45, 7) is 2.47. The lowest BCUT2D eigenvalue weighted by molar-refractivity contribution is -0.126. The van der Waals surface area contributed by atoms with E-state index >= 15 is 0 Å². The summed E-state index contributed by atoms with van der Waals surface area (Å²) in [7, 11) is 3.26. The summed E-state index contributed by atoms with van der Waals surface area (Å²) in [6.07, 6.45) is 2.42. The molecule has 1 aliphatic rings. The van der Waals surface area contributed by atoms with Crippen molar-refractivity contribution in [3.63, 3.8) is 0 Å². The van der Waals surface area contributed by atoms with Gasteiger partial charge in [0.05, 0.1) is 32.2 Å². The Morgan fingerprint density at radius 2 is 1.64 bits per heavy atom. The Balaban J connectivity index is 1.76. The highest BCUT2D eigenvalue weighted by Gasteiger charge is 2.36. The molecule has 6 nitrogen and oxygen atoms in total. The number of hydrogen-bond acceptors (Lipinski definition) is 6. The molecule has 0 spiro atoms. The van der Waals surface area contributed by atoms with Gasteiger partial charge in [-0.25, -0.2) is 0 Å². The molecule has 0 bridgehead atoms. The molecule has 7 heteroatoms. The Kier molecular flexibility index (Phi) is 6.71. The Morgan fingerprint density at radius 1 is 1.04 bits per heavy atom. The smallest absolute Gasteiger partial charge is 0.242 e. The van der Waals surface area contributed by atoms with Crippen LogP contribution in [0.3, 0.4) is 0 Å². The molecule has 0 unspecified atom stereocenters. The van der Waals surface area contributed by atoms with Gasteiger partial charge in [-0.1, -0.05) is 30.8 Å². The maximum Gasteiger partial charge on any atom is 0.242 e. The van der Waals surface area contributed by atoms with Crippen molar-refractivity contribution in [2.45, 2.75) is 25.1 Å². The van der Waals surface area contributed by atoms with E-state index in [2.05, 4.69) is 10.2 Å². The van der Waals surface area contributed by atoms with Crippen LogP contribution in [0.4, 0.5) is 0 Å². The lowest BCUT2D eigenvalue weighted by Crippen LogP contribution is -2.31. The van der Waals surface area contributed by atoms with Crippen molar-refractivity contribution < 1.29 is 14.3 Å². The van der Waals surface area contributed by atoms with Gasteiger partial charge in [-0.3, -0.25) is 9.69 Å². The molecule has 1 amide bonds. The van der Waals surface area contributed by atoms with Crippen molar-refractivity contribution in [2.75, 3.05) is 14.2 Å². The number of rotatable bonds is 7. The fourth-order valence-electron chi connectivity index (χ4n) is 2.74. The molecule has 0 radical (unpaired) electrons. The summed E-state index contributed by atoms with van der Waals surface area (Å²) in [5.74, 6) is 1.65. The van der Waals surface area contributed by atoms with Gasteiger partial charge in [0, 0.05) is 0 Å². The predicted molar refractivity (Wildman–Crippen MR) is 113 cm³/mol. The minimum atomic E-state index is -0.117. The average Bonchev–Trinajstić information content (AvgIpc) is 3.04. The minimum Gasteiger partial charge on any atom is -0.497 e. The van der Waals surface area contributed by atoms with Gasteiger partial charge in [0.25, 0.3) is 0 Å². The van der Waals surface area contributed by atoms with Gasteiger partial charge < -0.3 is 9.47 Å². The number of ether oxygens (including phenoxy) is 2. The number of carbonyl (C=O) groups excluding carboxylic acids is 1. The van der Waals surface area contributed by atoms with E-state index in [1.165, 1.54) is 11.8 Å². The number of carbonyl (C=O) groups is 1. The fourth-order valence-corrected chi connectivity index (χ4v) is 3.76. The zero-order valence-corrected chi connectivity index (χ0v) is 17.0. The number of benzene rings is 2. The van der Waals surface area contributed by atoms with E-state index in [0.29, 0.717) is 11.7 Å². The summed E-state index contributed by atoms with van der Waals surface area (Å²) in [4.78, 5) is 14.4. The second-order valence-electron chi connectivity index (χ2n) is 6.19. The van der Waals surface area contributed by atoms with Crippen LogP contribution in [0, 0.1) is 0 Å². The van der Waals surface area contributed by atoms with Gasteiger partial charge >= 0.3 is 0 Å². The Morgan fingerprint density at radius 3 is 2.21 bits per heavy atom. The molecular formula is C21H23N3O3S. The lowest BCUT2D eigenvalue weighted by atomic mass is 10.2. The third-order valence-electron chi connectivity index (χ3n) is 4.36. The fraction of sp³-hybridized carbons (Fsp3) is 0.286. The summed E-state index contributed by atoms with van der Waals surface area (Å²) in [6, 6.07) is 15.2. The molecular weight excluding hydrogens is 374 g/mol.